The van der Waals surface area contributed by atoms with Gasteiger partial charge < -0.3 is 9.80 Å². The lowest BCUT2D eigenvalue weighted by atomic mass is 9.94. The summed E-state index contributed by atoms with van der Waals surface area (Å²) in [7, 11) is 0. The summed E-state index contributed by atoms with van der Waals surface area (Å²) in [5.74, 6) is -2.70. The molecule has 33 heavy (non-hydrogen) atoms. The van der Waals surface area contributed by atoms with E-state index in [1.165, 1.54) is 19.1 Å². The van der Waals surface area contributed by atoms with E-state index < -0.39 is 17.9 Å². The van der Waals surface area contributed by atoms with Crippen molar-refractivity contribution < 1.29 is 27.2 Å². The first kappa shape index (κ1) is 24.7. The second kappa shape index (κ2) is 9.93. The number of Topliss-reactive ketones (excluding diaryl/α,β-unsaturated/α-hetero) is 1. The fourth-order valence-corrected chi connectivity index (χ4v) is 4.39. The second-order valence-electron chi connectivity index (χ2n) is 8.50. The smallest absolute Gasteiger partial charge is 0.364 e. The molecule has 1 aliphatic heterocycles. The van der Waals surface area contributed by atoms with Crippen molar-refractivity contribution in [3.63, 3.8) is 0 Å². The number of hydrogen-bond donors (Lipinski definition) is 0. The molecule has 0 aliphatic carbocycles. The number of hydrogen-bond acceptors (Lipinski definition) is 3. The van der Waals surface area contributed by atoms with Crippen LogP contribution in [-0.4, -0.2) is 31.0 Å². The first-order valence-electron chi connectivity index (χ1n) is 11.1. The normalized spacial score (nSPS) is 13.6. The number of carbonyl (C=O) groups is 2. The van der Waals surface area contributed by atoms with Gasteiger partial charge in [0.25, 0.3) is 0 Å². The van der Waals surface area contributed by atoms with Gasteiger partial charge in [-0.25, -0.2) is 4.39 Å². The van der Waals surface area contributed by atoms with Gasteiger partial charge in [-0.2, -0.15) is 13.2 Å². The second-order valence-corrected chi connectivity index (χ2v) is 8.50. The number of fused-ring (bicyclic) bond motifs is 1. The first-order chi connectivity index (χ1) is 15.5. The minimum absolute atomic E-state index is 0.0100. The lowest BCUT2D eigenvalue weighted by Crippen LogP contribution is -2.41. The van der Waals surface area contributed by atoms with E-state index in [4.69, 9.17) is 0 Å². The molecule has 0 saturated carbocycles. The Labute approximate surface area is 191 Å². The van der Waals surface area contributed by atoms with Crippen molar-refractivity contribution in [2.75, 3.05) is 22.9 Å². The minimum atomic E-state index is -5.11. The number of rotatable bonds is 7. The summed E-state index contributed by atoms with van der Waals surface area (Å²) in [5, 5.41) is 0. The molecule has 0 bridgehead atoms. The third kappa shape index (κ3) is 5.54. The summed E-state index contributed by atoms with van der Waals surface area (Å²) < 4.78 is 54.8. The van der Waals surface area contributed by atoms with E-state index in [1.807, 2.05) is 17.9 Å². The minimum Gasteiger partial charge on any atom is -0.364 e. The lowest BCUT2D eigenvalue weighted by molar-refractivity contribution is -0.170. The first-order valence-corrected chi connectivity index (χ1v) is 11.1. The lowest BCUT2D eigenvalue weighted by Gasteiger charge is -2.34. The van der Waals surface area contributed by atoms with Crippen molar-refractivity contribution in [1.29, 1.82) is 0 Å². The van der Waals surface area contributed by atoms with Crippen LogP contribution in [0.25, 0.3) is 0 Å². The molecule has 0 radical (unpaired) electrons. The summed E-state index contributed by atoms with van der Waals surface area (Å²) in [4.78, 5) is 26.6. The van der Waals surface area contributed by atoms with Gasteiger partial charge in [-0.3, -0.25) is 9.59 Å². The van der Waals surface area contributed by atoms with E-state index in [0.717, 1.165) is 35.7 Å². The summed E-state index contributed by atoms with van der Waals surface area (Å²) in [5.41, 5.74) is 3.33. The van der Waals surface area contributed by atoms with Crippen molar-refractivity contribution in [1.82, 2.24) is 0 Å². The molecule has 2 aromatic carbocycles. The number of alkyl halides is 3. The Balaban J connectivity index is 2.03. The van der Waals surface area contributed by atoms with Gasteiger partial charge in [0.1, 0.15) is 11.6 Å². The van der Waals surface area contributed by atoms with Crippen LogP contribution < -0.4 is 9.80 Å². The Morgan fingerprint density at radius 2 is 1.82 bits per heavy atom. The predicted molar refractivity (Wildman–Crippen MR) is 120 cm³/mol. The van der Waals surface area contributed by atoms with Crippen LogP contribution in [0.2, 0.25) is 0 Å². The fraction of sp³-hybridized carbons (Fsp3) is 0.440. The molecule has 1 amide bonds. The fourth-order valence-electron chi connectivity index (χ4n) is 4.39. The number of aryl methyl sites for hydroxylation is 2. The van der Waals surface area contributed by atoms with Gasteiger partial charge in [-0.15, -0.1) is 0 Å². The average Bonchev–Trinajstić information content (AvgIpc) is 2.73. The Bertz CT molecular complexity index is 1050. The molecule has 1 aliphatic rings. The maximum atomic E-state index is 14.5. The molecule has 3 rings (SSSR count). The highest BCUT2D eigenvalue weighted by molar-refractivity contribution is 5.97. The van der Waals surface area contributed by atoms with Crippen molar-refractivity contribution in [2.24, 2.45) is 0 Å². The Morgan fingerprint density at radius 1 is 1.12 bits per heavy atom. The number of carbonyl (C=O) groups excluding carboxylic acids is 2. The summed E-state index contributed by atoms with van der Waals surface area (Å²) in [6, 6.07) is 7.33. The molecule has 0 unspecified atom stereocenters. The molecule has 0 fully saturated rings. The molecule has 1 heterocycles. The van der Waals surface area contributed by atoms with Crippen LogP contribution in [0.15, 0.2) is 30.3 Å². The number of amides is 1. The maximum absolute atomic E-state index is 14.5. The van der Waals surface area contributed by atoms with E-state index in [-0.39, 0.29) is 24.6 Å². The highest BCUT2D eigenvalue weighted by Crippen LogP contribution is 2.35. The molecule has 0 aromatic heterocycles. The van der Waals surface area contributed by atoms with Crippen LogP contribution in [0.1, 0.15) is 48.9 Å². The predicted octanol–water partition coefficient (Wildman–Crippen LogP) is 5.52. The largest absolute Gasteiger partial charge is 0.471 e. The zero-order chi connectivity index (χ0) is 24.3. The third-order valence-electron chi connectivity index (χ3n) is 5.91. The van der Waals surface area contributed by atoms with E-state index >= 15 is 0 Å². The van der Waals surface area contributed by atoms with E-state index in [0.29, 0.717) is 35.4 Å². The molecule has 0 saturated heterocycles. The highest BCUT2D eigenvalue weighted by Gasteiger charge is 2.43. The molecule has 2 aromatic rings. The van der Waals surface area contributed by atoms with Crippen molar-refractivity contribution in [3.05, 3.63) is 58.4 Å². The zero-order valence-electron chi connectivity index (χ0n) is 19.1. The van der Waals surface area contributed by atoms with E-state index in [2.05, 4.69) is 0 Å². The average molecular weight is 465 g/mol. The van der Waals surface area contributed by atoms with Crippen molar-refractivity contribution in [2.45, 2.75) is 59.2 Å². The van der Waals surface area contributed by atoms with Crippen LogP contribution >= 0.6 is 0 Å². The van der Waals surface area contributed by atoms with Gasteiger partial charge in [-0.05, 0) is 67.5 Å². The maximum Gasteiger partial charge on any atom is 0.471 e. The third-order valence-corrected chi connectivity index (χ3v) is 5.91. The molecule has 4 nitrogen and oxygen atoms in total. The molecule has 0 atom stereocenters. The SMILES string of the molecule is CCCc1ccc(N(Cc2ccc3c(c2C)N(CC(C)=O)CCC3)C(=O)C(F)(F)F)cc1F. The Kier molecular flexibility index (Phi) is 7.44. The van der Waals surface area contributed by atoms with Gasteiger partial charge in [-0.1, -0.05) is 31.5 Å². The highest BCUT2D eigenvalue weighted by atomic mass is 19.4. The number of anilines is 2. The molecule has 178 valence electrons. The van der Waals surface area contributed by atoms with Gasteiger partial charge >= 0.3 is 12.1 Å². The van der Waals surface area contributed by atoms with Crippen LogP contribution in [0.3, 0.4) is 0 Å². The van der Waals surface area contributed by atoms with Crippen LogP contribution in [0.4, 0.5) is 28.9 Å². The van der Waals surface area contributed by atoms with Gasteiger partial charge in [0.15, 0.2) is 0 Å². The quantitative estimate of drug-likeness (QED) is 0.507. The van der Waals surface area contributed by atoms with Crippen LogP contribution in [-0.2, 0) is 29.0 Å². The van der Waals surface area contributed by atoms with Gasteiger partial charge in [0.05, 0.1) is 13.1 Å². The summed E-state index contributed by atoms with van der Waals surface area (Å²) in [6.45, 7) is 5.68. The summed E-state index contributed by atoms with van der Waals surface area (Å²) >= 11 is 0. The van der Waals surface area contributed by atoms with Gasteiger partial charge in [0.2, 0.25) is 0 Å². The van der Waals surface area contributed by atoms with E-state index in [9.17, 15) is 27.2 Å². The number of ketones is 1. The Hall–Kier alpha value is -2.90. The molecule has 0 spiro atoms. The van der Waals surface area contributed by atoms with Gasteiger partial charge in [0, 0.05) is 17.9 Å². The number of benzene rings is 2. The van der Waals surface area contributed by atoms with E-state index in [1.54, 1.807) is 13.0 Å². The van der Waals surface area contributed by atoms with Crippen LogP contribution in [0, 0.1) is 12.7 Å². The number of nitrogens with zero attached hydrogens (tertiary/aromatic N) is 2. The Morgan fingerprint density at radius 3 is 2.42 bits per heavy atom. The molecular formula is C25H28F4N2O2. The zero-order valence-corrected chi connectivity index (χ0v) is 19.1. The topological polar surface area (TPSA) is 40.6 Å². The van der Waals surface area contributed by atoms with Crippen molar-refractivity contribution >= 4 is 23.1 Å². The van der Waals surface area contributed by atoms with Crippen molar-refractivity contribution in [3.8, 4) is 0 Å². The standard InChI is InChI=1S/C25H28F4N2O2/c1-4-6-18-10-11-21(13-22(18)26)31(24(33)25(27,28)29)15-20-9-8-19-7-5-12-30(14-16(2)32)23(19)17(20)3/h8-11,13H,4-7,12,14-15H2,1-3H3. The molecule has 8 heteroatoms. The summed E-state index contributed by atoms with van der Waals surface area (Å²) in [6.07, 6.45) is -2.29. The molecule has 0 N–H and O–H groups in total. The monoisotopic (exact) mass is 464 g/mol. The molecular weight excluding hydrogens is 436 g/mol. The number of halogens is 4. The van der Waals surface area contributed by atoms with Crippen LogP contribution in [0.5, 0.6) is 0 Å².